The lowest BCUT2D eigenvalue weighted by Crippen LogP contribution is -1.84. The highest BCUT2D eigenvalue weighted by atomic mass is 31.1. The average Bonchev–Trinajstić information content (AvgIpc) is 1.95. The number of unbranched alkanes of at least 4 members (excludes halogenated alkanes) is 1. The van der Waals surface area contributed by atoms with Crippen molar-refractivity contribution < 1.29 is 14.0 Å². The van der Waals surface area contributed by atoms with Crippen molar-refractivity contribution >= 4 is 8.25 Å². The first-order chi connectivity index (χ1) is 5.63. The summed E-state index contributed by atoms with van der Waals surface area (Å²) in [7, 11) is -2.77. The average molecular weight is 192 g/mol. The van der Waals surface area contributed by atoms with E-state index in [1.165, 1.54) is 12.7 Å². The zero-order chi connectivity index (χ0) is 9.40. The Morgan fingerprint density at radius 3 is 2.75 bits per heavy atom. The fraction of sp³-hybridized carbons (Fsp3) is 0.750. The van der Waals surface area contributed by atoms with Gasteiger partial charge in [0.05, 0.1) is 6.26 Å². The van der Waals surface area contributed by atoms with E-state index in [9.17, 15) is 4.57 Å². The quantitative estimate of drug-likeness (QED) is 0.400. The van der Waals surface area contributed by atoms with E-state index in [1.807, 2.05) is 0 Å². The van der Waals surface area contributed by atoms with Gasteiger partial charge in [-0.2, -0.15) is 0 Å². The van der Waals surface area contributed by atoms with E-state index < -0.39 is 8.25 Å². The fourth-order valence-electron chi connectivity index (χ4n) is 0.818. The van der Waals surface area contributed by atoms with Crippen LogP contribution in [0.2, 0.25) is 0 Å². The fourth-order valence-corrected chi connectivity index (χ4v) is 1.03. The molecule has 0 aromatic heterocycles. The molecule has 0 aliphatic carbocycles. The van der Waals surface area contributed by atoms with Crippen LogP contribution in [0.25, 0.3) is 0 Å². The van der Waals surface area contributed by atoms with E-state index in [2.05, 4.69) is 18.4 Å². The molecule has 0 heterocycles. The van der Waals surface area contributed by atoms with Crippen LogP contribution in [0.4, 0.5) is 0 Å². The van der Waals surface area contributed by atoms with E-state index in [1.54, 1.807) is 6.08 Å². The van der Waals surface area contributed by atoms with Crippen LogP contribution in [0, 0.1) is 5.92 Å². The summed E-state index contributed by atoms with van der Waals surface area (Å²) in [6, 6.07) is 0. The van der Waals surface area contributed by atoms with Crippen LogP contribution in [0.3, 0.4) is 0 Å². The molecular formula is C8H17O3P. The molecule has 1 unspecified atom stereocenters. The van der Waals surface area contributed by atoms with Crippen molar-refractivity contribution in [3.63, 3.8) is 0 Å². The first-order valence-corrected chi connectivity index (χ1v) is 5.44. The van der Waals surface area contributed by atoms with Gasteiger partial charge in [0.25, 0.3) is 0 Å². The zero-order valence-corrected chi connectivity index (χ0v) is 8.62. The standard InChI is InChI=1S/C8H17O3P/c1-8(2)6-4-3-5-7-11-12(9)10/h5,7-8,12H,3-4,6H2,1-2H3,(H,9,10). The van der Waals surface area contributed by atoms with Crippen LogP contribution in [-0.4, -0.2) is 4.89 Å². The molecule has 0 radical (unpaired) electrons. The molecule has 0 aliphatic rings. The van der Waals surface area contributed by atoms with Crippen molar-refractivity contribution in [3.8, 4) is 0 Å². The third kappa shape index (κ3) is 9.73. The van der Waals surface area contributed by atoms with Crippen molar-refractivity contribution in [2.45, 2.75) is 33.1 Å². The zero-order valence-electron chi connectivity index (χ0n) is 7.62. The van der Waals surface area contributed by atoms with Gasteiger partial charge in [0, 0.05) is 0 Å². The van der Waals surface area contributed by atoms with Gasteiger partial charge in [-0.1, -0.05) is 20.3 Å². The van der Waals surface area contributed by atoms with Crippen molar-refractivity contribution in [2.24, 2.45) is 5.92 Å². The Morgan fingerprint density at radius 2 is 2.25 bits per heavy atom. The SMILES string of the molecule is CC(C)CCCC=CO[PH](=O)O. The molecule has 0 saturated heterocycles. The van der Waals surface area contributed by atoms with Gasteiger partial charge in [-0.25, -0.2) is 4.57 Å². The molecule has 0 aromatic rings. The van der Waals surface area contributed by atoms with Crippen LogP contribution in [0.1, 0.15) is 33.1 Å². The lowest BCUT2D eigenvalue weighted by atomic mass is 10.1. The van der Waals surface area contributed by atoms with Crippen LogP contribution in [0.15, 0.2) is 12.3 Å². The summed E-state index contributed by atoms with van der Waals surface area (Å²) in [5.74, 6) is 0.719. The van der Waals surface area contributed by atoms with E-state index in [-0.39, 0.29) is 0 Å². The van der Waals surface area contributed by atoms with Gasteiger partial charge in [-0.15, -0.1) is 0 Å². The van der Waals surface area contributed by atoms with Gasteiger partial charge in [-0.05, 0) is 24.8 Å². The van der Waals surface area contributed by atoms with Gasteiger partial charge >= 0.3 is 8.25 Å². The monoisotopic (exact) mass is 192 g/mol. The summed E-state index contributed by atoms with van der Waals surface area (Å²) in [6.07, 6.45) is 6.28. The largest absolute Gasteiger partial charge is 0.435 e. The Balaban J connectivity index is 3.19. The van der Waals surface area contributed by atoms with Gasteiger partial charge in [0.15, 0.2) is 0 Å². The molecule has 0 fully saturated rings. The van der Waals surface area contributed by atoms with Crippen molar-refractivity contribution in [3.05, 3.63) is 12.3 Å². The maximum absolute atomic E-state index is 10.1. The number of hydrogen-bond acceptors (Lipinski definition) is 2. The molecule has 0 amide bonds. The Kier molecular flexibility index (Phi) is 7.22. The number of allylic oxidation sites excluding steroid dienone is 1. The lowest BCUT2D eigenvalue weighted by Gasteiger charge is -2.00. The third-order valence-electron chi connectivity index (χ3n) is 1.42. The van der Waals surface area contributed by atoms with Gasteiger partial charge < -0.3 is 9.42 Å². The van der Waals surface area contributed by atoms with E-state index >= 15 is 0 Å². The highest BCUT2D eigenvalue weighted by Crippen LogP contribution is 2.15. The molecule has 1 N–H and O–H groups in total. The summed E-state index contributed by atoms with van der Waals surface area (Å²) < 4.78 is 14.4. The van der Waals surface area contributed by atoms with Gasteiger partial charge in [0.1, 0.15) is 0 Å². The molecule has 4 heteroatoms. The first-order valence-electron chi connectivity index (χ1n) is 4.17. The Morgan fingerprint density at radius 1 is 1.58 bits per heavy atom. The molecule has 72 valence electrons. The molecular weight excluding hydrogens is 175 g/mol. The summed E-state index contributed by atoms with van der Waals surface area (Å²) in [6.45, 7) is 4.35. The Labute approximate surface area is 74.4 Å². The smallest absolute Gasteiger partial charge is 0.364 e. The topological polar surface area (TPSA) is 46.5 Å². The predicted octanol–water partition coefficient (Wildman–Crippen LogP) is 2.73. The third-order valence-corrected chi connectivity index (χ3v) is 1.76. The predicted molar refractivity (Wildman–Crippen MR) is 50.1 cm³/mol. The normalized spacial score (nSPS) is 14.0. The summed E-state index contributed by atoms with van der Waals surface area (Å²) in [5.41, 5.74) is 0. The molecule has 0 rings (SSSR count). The van der Waals surface area contributed by atoms with E-state index in [0.29, 0.717) is 0 Å². The van der Waals surface area contributed by atoms with Crippen LogP contribution in [-0.2, 0) is 9.09 Å². The van der Waals surface area contributed by atoms with Gasteiger partial charge in [-0.3, -0.25) is 0 Å². The lowest BCUT2D eigenvalue weighted by molar-refractivity contribution is 0.377. The minimum Gasteiger partial charge on any atom is -0.435 e. The van der Waals surface area contributed by atoms with Crippen LogP contribution in [0.5, 0.6) is 0 Å². The van der Waals surface area contributed by atoms with Crippen LogP contribution >= 0.6 is 8.25 Å². The number of rotatable bonds is 6. The molecule has 0 bridgehead atoms. The Hall–Kier alpha value is -0.270. The second-order valence-corrected chi connectivity index (χ2v) is 3.85. The maximum atomic E-state index is 10.1. The summed E-state index contributed by atoms with van der Waals surface area (Å²) in [5, 5.41) is 0. The van der Waals surface area contributed by atoms with E-state index in [0.717, 1.165) is 18.8 Å². The molecule has 0 spiro atoms. The minimum absolute atomic E-state index is 0.719. The second kappa shape index (κ2) is 7.38. The Bertz CT molecular complexity index is 154. The first kappa shape index (κ1) is 11.7. The molecule has 1 atom stereocenters. The summed E-state index contributed by atoms with van der Waals surface area (Å²) in [4.78, 5) is 8.27. The van der Waals surface area contributed by atoms with Crippen molar-refractivity contribution in [2.75, 3.05) is 0 Å². The minimum atomic E-state index is -2.77. The molecule has 12 heavy (non-hydrogen) atoms. The highest BCUT2D eigenvalue weighted by Gasteiger charge is 1.91. The molecule has 0 saturated carbocycles. The molecule has 0 aromatic carbocycles. The van der Waals surface area contributed by atoms with Gasteiger partial charge in [0.2, 0.25) is 0 Å². The number of hydrogen-bond donors (Lipinski definition) is 1. The molecule has 0 aliphatic heterocycles. The highest BCUT2D eigenvalue weighted by molar-refractivity contribution is 7.32. The van der Waals surface area contributed by atoms with Crippen molar-refractivity contribution in [1.82, 2.24) is 0 Å². The van der Waals surface area contributed by atoms with E-state index in [4.69, 9.17) is 4.89 Å². The van der Waals surface area contributed by atoms with Crippen LogP contribution < -0.4 is 0 Å². The van der Waals surface area contributed by atoms with Crippen molar-refractivity contribution in [1.29, 1.82) is 0 Å². The second-order valence-electron chi connectivity index (χ2n) is 3.08. The molecule has 3 nitrogen and oxygen atoms in total. The maximum Gasteiger partial charge on any atom is 0.364 e. The summed E-state index contributed by atoms with van der Waals surface area (Å²) >= 11 is 0.